The Bertz CT molecular complexity index is 287. The van der Waals surface area contributed by atoms with Crippen LogP contribution in [0, 0.1) is 5.92 Å². The number of hydrogen-bond donors (Lipinski definition) is 1. The third kappa shape index (κ3) is 1.96. The zero-order valence-corrected chi connectivity index (χ0v) is 10.4. The standard InChI is InChI=1S/C12H22N2O2/c1-8-10(6-7-16-8)14(3)11(15)12(2,13)9-4-5-9/h8-10H,4-7,13H2,1-3H3. The number of carbonyl (C=O) groups is 1. The van der Waals surface area contributed by atoms with Gasteiger partial charge in [0.05, 0.1) is 17.7 Å². The Morgan fingerprint density at radius 3 is 2.50 bits per heavy atom. The first-order chi connectivity index (χ1) is 7.44. The van der Waals surface area contributed by atoms with E-state index in [9.17, 15) is 4.79 Å². The predicted molar refractivity (Wildman–Crippen MR) is 61.9 cm³/mol. The Balaban J connectivity index is 2.03. The van der Waals surface area contributed by atoms with Gasteiger partial charge in [-0.05, 0) is 39.0 Å². The van der Waals surface area contributed by atoms with Crippen LogP contribution < -0.4 is 5.73 Å². The van der Waals surface area contributed by atoms with E-state index in [1.165, 1.54) is 0 Å². The maximum Gasteiger partial charge on any atom is 0.242 e. The lowest BCUT2D eigenvalue weighted by Crippen LogP contribution is -2.57. The molecule has 1 heterocycles. The molecule has 0 aromatic carbocycles. The molecule has 0 radical (unpaired) electrons. The summed E-state index contributed by atoms with van der Waals surface area (Å²) in [5, 5.41) is 0. The summed E-state index contributed by atoms with van der Waals surface area (Å²) in [5.74, 6) is 0.442. The summed E-state index contributed by atoms with van der Waals surface area (Å²) < 4.78 is 5.49. The summed E-state index contributed by atoms with van der Waals surface area (Å²) in [6.45, 7) is 4.63. The Morgan fingerprint density at radius 1 is 1.44 bits per heavy atom. The van der Waals surface area contributed by atoms with Crippen molar-refractivity contribution in [2.45, 2.75) is 50.8 Å². The second-order valence-corrected chi connectivity index (χ2v) is 5.40. The topological polar surface area (TPSA) is 55.6 Å². The normalized spacial score (nSPS) is 33.5. The number of hydrogen-bond acceptors (Lipinski definition) is 3. The Labute approximate surface area is 97.1 Å². The molecule has 1 amide bonds. The number of ether oxygens (including phenoxy) is 1. The highest BCUT2D eigenvalue weighted by Gasteiger charge is 2.47. The van der Waals surface area contributed by atoms with Crippen LogP contribution in [0.15, 0.2) is 0 Å². The fourth-order valence-corrected chi connectivity index (χ4v) is 2.62. The molecule has 1 saturated heterocycles. The first-order valence-corrected chi connectivity index (χ1v) is 6.12. The minimum atomic E-state index is -0.683. The highest BCUT2D eigenvalue weighted by atomic mass is 16.5. The van der Waals surface area contributed by atoms with Gasteiger partial charge in [-0.25, -0.2) is 0 Å². The number of rotatable bonds is 3. The fraction of sp³-hybridized carbons (Fsp3) is 0.917. The van der Waals surface area contributed by atoms with Gasteiger partial charge in [-0.2, -0.15) is 0 Å². The zero-order valence-electron chi connectivity index (χ0n) is 10.4. The average molecular weight is 226 g/mol. The Morgan fingerprint density at radius 2 is 2.06 bits per heavy atom. The van der Waals surface area contributed by atoms with Crippen LogP contribution in [0.2, 0.25) is 0 Å². The van der Waals surface area contributed by atoms with Crippen molar-refractivity contribution in [1.82, 2.24) is 4.90 Å². The molecule has 0 spiro atoms. The van der Waals surface area contributed by atoms with Crippen LogP contribution in [0.5, 0.6) is 0 Å². The molecule has 2 rings (SSSR count). The number of nitrogens with two attached hydrogens (primary N) is 1. The molecule has 16 heavy (non-hydrogen) atoms. The van der Waals surface area contributed by atoms with Crippen molar-refractivity contribution in [3.63, 3.8) is 0 Å². The van der Waals surface area contributed by atoms with Crippen molar-refractivity contribution in [3.8, 4) is 0 Å². The quantitative estimate of drug-likeness (QED) is 0.772. The molecular formula is C12H22N2O2. The molecule has 92 valence electrons. The highest BCUT2D eigenvalue weighted by molar-refractivity contribution is 5.86. The summed E-state index contributed by atoms with van der Waals surface area (Å²) in [4.78, 5) is 14.1. The highest BCUT2D eigenvalue weighted by Crippen LogP contribution is 2.39. The second-order valence-electron chi connectivity index (χ2n) is 5.40. The van der Waals surface area contributed by atoms with Gasteiger partial charge in [0.15, 0.2) is 0 Å². The van der Waals surface area contributed by atoms with Crippen molar-refractivity contribution < 1.29 is 9.53 Å². The van der Waals surface area contributed by atoms with E-state index in [1.807, 2.05) is 20.9 Å². The number of amides is 1. The van der Waals surface area contributed by atoms with Crippen LogP contribution in [0.4, 0.5) is 0 Å². The van der Waals surface area contributed by atoms with Gasteiger partial charge in [-0.1, -0.05) is 0 Å². The lowest BCUT2D eigenvalue weighted by Gasteiger charge is -2.34. The van der Waals surface area contributed by atoms with Crippen LogP contribution >= 0.6 is 0 Å². The van der Waals surface area contributed by atoms with Gasteiger partial charge in [-0.3, -0.25) is 4.79 Å². The van der Waals surface area contributed by atoms with Crippen LogP contribution in [0.1, 0.15) is 33.1 Å². The van der Waals surface area contributed by atoms with Crippen molar-refractivity contribution >= 4 is 5.91 Å². The third-order valence-electron chi connectivity index (χ3n) is 4.04. The van der Waals surface area contributed by atoms with Gasteiger partial charge >= 0.3 is 0 Å². The van der Waals surface area contributed by atoms with E-state index < -0.39 is 5.54 Å². The van der Waals surface area contributed by atoms with Crippen molar-refractivity contribution in [2.75, 3.05) is 13.7 Å². The number of carbonyl (C=O) groups excluding carboxylic acids is 1. The lowest BCUT2D eigenvalue weighted by atomic mass is 9.94. The maximum atomic E-state index is 12.3. The molecule has 0 aromatic heterocycles. The molecule has 2 N–H and O–H groups in total. The van der Waals surface area contributed by atoms with Gasteiger partial charge in [-0.15, -0.1) is 0 Å². The fourth-order valence-electron chi connectivity index (χ4n) is 2.62. The molecule has 2 aliphatic rings. The summed E-state index contributed by atoms with van der Waals surface area (Å²) >= 11 is 0. The zero-order chi connectivity index (χ0) is 11.9. The summed E-state index contributed by atoms with van der Waals surface area (Å²) in [7, 11) is 1.85. The summed E-state index contributed by atoms with van der Waals surface area (Å²) in [6.07, 6.45) is 3.22. The molecule has 0 aromatic rings. The summed E-state index contributed by atoms with van der Waals surface area (Å²) in [5.41, 5.74) is 5.46. The van der Waals surface area contributed by atoms with Crippen LogP contribution in [-0.4, -0.2) is 42.1 Å². The molecule has 0 bridgehead atoms. The number of likely N-dealkylation sites (N-methyl/N-ethyl adjacent to an activating group) is 1. The predicted octanol–water partition coefficient (Wildman–Crippen LogP) is 0.750. The molecule has 4 heteroatoms. The second kappa shape index (κ2) is 4.00. The van der Waals surface area contributed by atoms with E-state index in [1.54, 1.807) is 4.90 Å². The maximum absolute atomic E-state index is 12.3. The van der Waals surface area contributed by atoms with Gasteiger partial charge in [0, 0.05) is 13.7 Å². The molecule has 2 fully saturated rings. The molecule has 4 nitrogen and oxygen atoms in total. The van der Waals surface area contributed by atoms with Crippen LogP contribution in [0.3, 0.4) is 0 Å². The van der Waals surface area contributed by atoms with Gasteiger partial charge < -0.3 is 15.4 Å². The minimum Gasteiger partial charge on any atom is -0.376 e. The monoisotopic (exact) mass is 226 g/mol. The van der Waals surface area contributed by atoms with E-state index in [0.29, 0.717) is 5.92 Å². The largest absolute Gasteiger partial charge is 0.376 e. The number of nitrogens with zero attached hydrogens (tertiary/aromatic N) is 1. The van der Waals surface area contributed by atoms with E-state index in [0.717, 1.165) is 25.9 Å². The third-order valence-corrected chi connectivity index (χ3v) is 4.04. The van der Waals surface area contributed by atoms with Gasteiger partial charge in [0.2, 0.25) is 5.91 Å². The minimum absolute atomic E-state index is 0.0670. The lowest BCUT2D eigenvalue weighted by molar-refractivity contribution is -0.138. The van der Waals surface area contributed by atoms with Gasteiger partial charge in [0.25, 0.3) is 0 Å². The van der Waals surface area contributed by atoms with Crippen molar-refractivity contribution in [1.29, 1.82) is 0 Å². The van der Waals surface area contributed by atoms with Crippen LogP contribution in [-0.2, 0) is 9.53 Å². The van der Waals surface area contributed by atoms with Gasteiger partial charge in [0.1, 0.15) is 0 Å². The molecule has 3 atom stereocenters. The molecule has 1 saturated carbocycles. The van der Waals surface area contributed by atoms with E-state index in [2.05, 4.69) is 0 Å². The van der Waals surface area contributed by atoms with E-state index in [-0.39, 0.29) is 18.1 Å². The van der Waals surface area contributed by atoms with Crippen molar-refractivity contribution in [3.05, 3.63) is 0 Å². The average Bonchev–Trinajstić information content (AvgIpc) is 3.01. The molecule has 3 unspecified atom stereocenters. The summed E-state index contributed by atoms with van der Waals surface area (Å²) in [6, 6.07) is 0.189. The van der Waals surface area contributed by atoms with Crippen LogP contribution in [0.25, 0.3) is 0 Å². The van der Waals surface area contributed by atoms with Crippen molar-refractivity contribution in [2.24, 2.45) is 11.7 Å². The first-order valence-electron chi connectivity index (χ1n) is 6.12. The Hall–Kier alpha value is -0.610. The SMILES string of the molecule is CC1OCCC1N(C)C(=O)C(C)(N)C1CC1. The molecule has 1 aliphatic heterocycles. The van der Waals surface area contributed by atoms with E-state index in [4.69, 9.17) is 10.5 Å². The smallest absolute Gasteiger partial charge is 0.242 e. The Kier molecular flexibility index (Phi) is 2.97. The first kappa shape index (κ1) is 11.9. The molecule has 1 aliphatic carbocycles. The van der Waals surface area contributed by atoms with E-state index >= 15 is 0 Å². The molecular weight excluding hydrogens is 204 g/mol.